The van der Waals surface area contributed by atoms with Crippen molar-refractivity contribution in [1.29, 1.82) is 0 Å². The Kier molecular flexibility index (Phi) is 5.19. The number of nitrogens with one attached hydrogen (secondary N) is 1. The lowest BCUT2D eigenvalue weighted by atomic mass is 10.1. The molecule has 0 spiro atoms. The number of rotatable bonds is 6. The first kappa shape index (κ1) is 11.1. The predicted molar refractivity (Wildman–Crippen MR) is 59.0 cm³/mol. The van der Waals surface area contributed by atoms with E-state index in [4.69, 9.17) is 5.73 Å². The number of nitrogens with two attached hydrogens (primary N) is 1. The van der Waals surface area contributed by atoms with Crippen LogP contribution in [0.5, 0.6) is 0 Å². The molecule has 3 N–H and O–H groups in total. The largest absolute Gasteiger partial charge is 0.330 e. The molecule has 1 rings (SSSR count). The quantitative estimate of drug-likeness (QED) is 0.668. The molecule has 0 aromatic carbocycles. The fourth-order valence-electron chi connectivity index (χ4n) is 1.30. The Hall–Kier alpha value is -0.930. The van der Waals surface area contributed by atoms with Gasteiger partial charge in [0.05, 0.1) is 0 Å². The minimum Gasteiger partial charge on any atom is -0.330 e. The molecule has 0 amide bonds. The highest BCUT2D eigenvalue weighted by Crippen LogP contribution is 2.03. The molecule has 1 aromatic heterocycles. The maximum absolute atomic E-state index is 5.41. The summed E-state index contributed by atoms with van der Waals surface area (Å²) in [6.07, 6.45) is 5.99. The molecule has 0 saturated carbocycles. The van der Waals surface area contributed by atoms with Crippen LogP contribution in [-0.4, -0.2) is 18.1 Å². The smallest absolute Gasteiger partial charge is 0.0315 e. The van der Waals surface area contributed by atoms with Gasteiger partial charge in [-0.1, -0.05) is 0 Å². The number of hydrogen-bond acceptors (Lipinski definition) is 3. The molecule has 1 aromatic rings. The Bertz CT molecular complexity index is 260. The van der Waals surface area contributed by atoms with E-state index in [9.17, 15) is 0 Å². The second kappa shape index (κ2) is 6.51. The molecule has 0 bridgehead atoms. The van der Waals surface area contributed by atoms with Crippen LogP contribution in [0, 0.1) is 6.92 Å². The molecule has 3 heteroatoms. The van der Waals surface area contributed by atoms with E-state index in [1.54, 1.807) is 0 Å². The molecule has 0 aliphatic rings. The summed E-state index contributed by atoms with van der Waals surface area (Å²) in [7, 11) is 0. The zero-order valence-corrected chi connectivity index (χ0v) is 8.79. The normalized spacial score (nSPS) is 10.4. The molecule has 0 aliphatic heterocycles. The lowest BCUT2D eigenvalue weighted by Crippen LogP contribution is -2.16. The van der Waals surface area contributed by atoms with Gasteiger partial charge in [-0.3, -0.25) is 4.98 Å². The van der Waals surface area contributed by atoms with Gasteiger partial charge >= 0.3 is 0 Å². The second-order valence-corrected chi connectivity index (χ2v) is 3.47. The molecular formula is C11H19N3. The van der Waals surface area contributed by atoms with Crippen LogP contribution in [0.25, 0.3) is 0 Å². The van der Waals surface area contributed by atoms with E-state index in [1.807, 2.05) is 18.5 Å². The molecule has 0 fully saturated rings. The van der Waals surface area contributed by atoms with Crippen molar-refractivity contribution in [2.24, 2.45) is 5.73 Å². The van der Waals surface area contributed by atoms with Crippen molar-refractivity contribution in [3.63, 3.8) is 0 Å². The van der Waals surface area contributed by atoms with Crippen LogP contribution in [0.4, 0.5) is 0 Å². The Labute approximate surface area is 85.7 Å². The molecule has 14 heavy (non-hydrogen) atoms. The predicted octanol–water partition coefficient (Wildman–Crippen LogP) is 1.22. The molecule has 78 valence electrons. The summed E-state index contributed by atoms with van der Waals surface area (Å²) in [5, 5.41) is 3.38. The first-order valence-corrected chi connectivity index (χ1v) is 5.15. The zero-order chi connectivity index (χ0) is 10.2. The van der Waals surface area contributed by atoms with Crippen LogP contribution < -0.4 is 11.1 Å². The number of aryl methyl sites for hydroxylation is 1. The highest BCUT2D eigenvalue weighted by Gasteiger charge is 1.96. The SMILES string of the molecule is Cc1ccncc1CNCCCCN. The van der Waals surface area contributed by atoms with E-state index in [0.717, 1.165) is 32.5 Å². The van der Waals surface area contributed by atoms with Crippen LogP contribution in [0.3, 0.4) is 0 Å². The average molecular weight is 193 g/mol. The van der Waals surface area contributed by atoms with E-state index in [0.29, 0.717) is 0 Å². The number of unbranched alkanes of at least 4 members (excludes halogenated alkanes) is 1. The van der Waals surface area contributed by atoms with Gasteiger partial charge in [0.2, 0.25) is 0 Å². The van der Waals surface area contributed by atoms with Crippen LogP contribution in [0.15, 0.2) is 18.5 Å². The van der Waals surface area contributed by atoms with Gasteiger partial charge in [0.25, 0.3) is 0 Å². The molecule has 0 atom stereocenters. The molecule has 3 nitrogen and oxygen atoms in total. The maximum atomic E-state index is 5.41. The van der Waals surface area contributed by atoms with E-state index in [-0.39, 0.29) is 0 Å². The lowest BCUT2D eigenvalue weighted by Gasteiger charge is -2.06. The number of aromatic nitrogens is 1. The molecule has 0 unspecified atom stereocenters. The van der Waals surface area contributed by atoms with Crippen LogP contribution in [0.2, 0.25) is 0 Å². The summed E-state index contributed by atoms with van der Waals surface area (Å²) < 4.78 is 0. The van der Waals surface area contributed by atoms with Crippen LogP contribution in [-0.2, 0) is 6.54 Å². The summed E-state index contributed by atoms with van der Waals surface area (Å²) in [6, 6.07) is 2.04. The standard InChI is InChI=1S/C11H19N3/c1-10-4-7-14-9-11(10)8-13-6-3-2-5-12/h4,7,9,13H,2-3,5-6,8,12H2,1H3. The average Bonchev–Trinajstić information content (AvgIpc) is 2.20. The summed E-state index contributed by atoms with van der Waals surface area (Å²) in [4.78, 5) is 4.10. The van der Waals surface area contributed by atoms with Crippen molar-refractivity contribution in [3.05, 3.63) is 29.6 Å². The molecule has 1 heterocycles. The number of hydrogen-bond donors (Lipinski definition) is 2. The van der Waals surface area contributed by atoms with Gasteiger partial charge in [-0.25, -0.2) is 0 Å². The first-order chi connectivity index (χ1) is 6.84. The topological polar surface area (TPSA) is 50.9 Å². The minimum absolute atomic E-state index is 0.785. The van der Waals surface area contributed by atoms with Gasteiger partial charge in [0, 0.05) is 18.9 Å². The lowest BCUT2D eigenvalue weighted by molar-refractivity contribution is 0.625. The third-order valence-corrected chi connectivity index (χ3v) is 2.27. The summed E-state index contributed by atoms with van der Waals surface area (Å²) in [5.74, 6) is 0. The third kappa shape index (κ3) is 3.85. The fraction of sp³-hybridized carbons (Fsp3) is 0.545. The third-order valence-electron chi connectivity index (χ3n) is 2.27. The number of nitrogens with zero attached hydrogens (tertiary/aromatic N) is 1. The van der Waals surface area contributed by atoms with Crippen molar-refractivity contribution in [2.75, 3.05) is 13.1 Å². The van der Waals surface area contributed by atoms with Gasteiger partial charge < -0.3 is 11.1 Å². The molecular weight excluding hydrogens is 174 g/mol. The highest BCUT2D eigenvalue weighted by atomic mass is 14.8. The van der Waals surface area contributed by atoms with E-state index >= 15 is 0 Å². The Morgan fingerprint density at radius 1 is 1.43 bits per heavy atom. The monoisotopic (exact) mass is 193 g/mol. The zero-order valence-electron chi connectivity index (χ0n) is 8.79. The summed E-state index contributed by atoms with van der Waals surface area (Å²) >= 11 is 0. The maximum Gasteiger partial charge on any atom is 0.0315 e. The van der Waals surface area contributed by atoms with Gasteiger partial charge in [-0.15, -0.1) is 0 Å². The van der Waals surface area contributed by atoms with Crippen molar-refractivity contribution in [2.45, 2.75) is 26.3 Å². The van der Waals surface area contributed by atoms with E-state index in [1.165, 1.54) is 11.1 Å². The summed E-state index contributed by atoms with van der Waals surface area (Å²) in [6.45, 7) is 4.84. The highest BCUT2D eigenvalue weighted by molar-refractivity contribution is 5.20. The molecule has 0 radical (unpaired) electrons. The Balaban J connectivity index is 2.21. The van der Waals surface area contributed by atoms with Gasteiger partial charge in [-0.05, 0) is 50.0 Å². The van der Waals surface area contributed by atoms with Crippen molar-refractivity contribution < 1.29 is 0 Å². The first-order valence-electron chi connectivity index (χ1n) is 5.15. The second-order valence-electron chi connectivity index (χ2n) is 3.47. The van der Waals surface area contributed by atoms with E-state index < -0.39 is 0 Å². The van der Waals surface area contributed by atoms with E-state index in [2.05, 4.69) is 17.2 Å². The van der Waals surface area contributed by atoms with Gasteiger partial charge in [0.15, 0.2) is 0 Å². The fourth-order valence-corrected chi connectivity index (χ4v) is 1.30. The Morgan fingerprint density at radius 3 is 3.00 bits per heavy atom. The van der Waals surface area contributed by atoms with Gasteiger partial charge in [-0.2, -0.15) is 0 Å². The summed E-state index contributed by atoms with van der Waals surface area (Å²) in [5.41, 5.74) is 7.98. The number of pyridine rings is 1. The van der Waals surface area contributed by atoms with Crippen molar-refractivity contribution in [3.8, 4) is 0 Å². The Morgan fingerprint density at radius 2 is 2.29 bits per heavy atom. The molecule has 0 saturated heterocycles. The van der Waals surface area contributed by atoms with Crippen molar-refractivity contribution in [1.82, 2.24) is 10.3 Å². The van der Waals surface area contributed by atoms with Crippen molar-refractivity contribution >= 4 is 0 Å². The molecule has 0 aliphatic carbocycles. The van der Waals surface area contributed by atoms with Crippen LogP contribution >= 0.6 is 0 Å². The van der Waals surface area contributed by atoms with Crippen LogP contribution in [0.1, 0.15) is 24.0 Å². The minimum atomic E-state index is 0.785. The van der Waals surface area contributed by atoms with Gasteiger partial charge in [0.1, 0.15) is 0 Å².